The number of hydrogen-bond donors (Lipinski definition) is 2. The fourth-order valence-corrected chi connectivity index (χ4v) is 2.17. The molecule has 1 heterocycles. The highest BCUT2D eigenvalue weighted by molar-refractivity contribution is 7.11. The summed E-state index contributed by atoms with van der Waals surface area (Å²) in [4.78, 5) is 17.0. The molecule has 1 atom stereocenters. The summed E-state index contributed by atoms with van der Waals surface area (Å²) in [7, 11) is 1.52. The summed E-state index contributed by atoms with van der Waals surface area (Å²) in [6.07, 6.45) is 3.64. The van der Waals surface area contributed by atoms with E-state index in [9.17, 15) is 4.79 Å². The van der Waals surface area contributed by atoms with Crippen molar-refractivity contribution in [2.24, 2.45) is 5.73 Å². The first kappa shape index (κ1) is 20.9. The van der Waals surface area contributed by atoms with Gasteiger partial charge in [0.2, 0.25) is 5.91 Å². The predicted molar refractivity (Wildman–Crippen MR) is 82.6 cm³/mol. The number of halogens is 2. The molecule has 0 fully saturated rings. The van der Waals surface area contributed by atoms with Gasteiger partial charge in [-0.1, -0.05) is 6.92 Å². The van der Waals surface area contributed by atoms with Crippen molar-refractivity contribution >= 4 is 42.1 Å². The predicted octanol–water partition coefficient (Wildman–Crippen LogP) is 1.18. The summed E-state index contributed by atoms with van der Waals surface area (Å²) in [6.45, 7) is 2.90. The van der Waals surface area contributed by atoms with Gasteiger partial charge >= 0.3 is 0 Å². The summed E-state index contributed by atoms with van der Waals surface area (Å²) in [5.74, 6) is -0.181. The van der Waals surface area contributed by atoms with Crippen LogP contribution in [0.2, 0.25) is 0 Å². The maximum atomic E-state index is 11.5. The zero-order chi connectivity index (χ0) is 12.7. The van der Waals surface area contributed by atoms with Crippen molar-refractivity contribution in [2.75, 3.05) is 20.3 Å². The number of aryl methyl sites for hydroxylation is 1. The molecule has 19 heavy (non-hydrogen) atoms. The van der Waals surface area contributed by atoms with Crippen LogP contribution in [-0.4, -0.2) is 37.2 Å². The lowest BCUT2D eigenvalue weighted by molar-refractivity contribution is -0.123. The van der Waals surface area contributed by atoms with Gasteiger partial charge in [0, 0.05) is 31.1 Å². The van der Waals surface area contributed by atoms with E-state index in [1.54, 1.807) is 11.3 Å². The van der Waals surface area contributed by atoms with Crippen molar-refractivity contribution < 1.29 is 9.53 Å². The molecule has 1 aromatic heterocycles. The number of carbonyl (C=O) groups is 1. The first-order valence-corrected chi connectivity index (χ1v) is 6.44. The van der Waals surface area contributed by atoms with Gasteiger partial charge in [0.05, 0.1) is 11.6 Å². The van der Waals surface area contributed by atoms with E-state index < -0.39 is 6.04 Å². The van der Waals surface area contributed by atoms with Crippen LogP contribution in [0.25, 0.3) is 0 Å². The highest BCUT2D eigenvalue weighted by atomic mass is 35.5. The molecule has 0 aromatic carbocycles. The Morgan fingerprint density at radius 1 is 1.58 bits per heavy atom. The second kappa shape index (κ2) is 11.4. The molecule has 3 N–H and O–H groups in total. The summed E-state index contributed by atoms with van der Waals surface area (Å²) in [5.41, 5.74) is 5.58. The lowest BCUT2D eigenvalue weighted by atomic mass is 10.3. The van der Waals surface area contributed by atoms with Crippen LogP contribution in [0.5, 0.6) is 0 Å². The SMILES string of the molecule is CCc1cnc(CCNC(=O)C(N)COC)s1.Cl.Cl. The molecule has 112 valence electrons. The molecular formula is C11H21Cl2N3O2S. The van der Waals surface area contributed by atoms with E-state index in [0.29, 0.717) is 6.54 Å². The van der Waals surface area contributed by atoms with E-state index >= 15 is 0 Å². The Labute approximate surface area is 130 Å². The Morgan fingerprint density at radius 2 is 2.26 bits per heavy atom. The van der Waals surface area contributed by atoms with Crippen molar-refractivity contribution in [2.45, 2.75) is 25.8 Å². The number of methoxy groups -OCH3 is 1. The van der Waals surface area contributed by atoms with E-state index in [4.69, 9.17) is 10.5 Å². The van der Waals surface area contributed by atoms with Gasteiger partial charge in [0.1, 0.15) is 6.04 Å². The van der Waals surface area contributed by atoms with E-state index in [0.717, 1.165) is 17.8 Å². The molecule has 0 bridgehead atoms. The monoisotopic (exact) mass is 329 g/mol. The van der Waals surface area contributed by atoms with Gasteiger partial charge in [-0.3, -0.25) is 4.79 Å². The number of ether oxygens (including phenoxy) is 1. The third-order valence-electron chi connectivity index (χ3n) is 2.27. The summed E-state index contributed by atoms with van der Waals surface area (Å²) < 4.78 is 4.81. The summed E-state index contributed by atoms with van der Waals surface area (Å²) in [5, 5.41) is 3.81. The number of rotatable bonds is 7. The van der Waals surface area contributed by atoms with Crippen LogP contribution in [0.3, 0.4) is 0 Å². The van der Waals surface area contributed by atoms with Crippen molar-refractivity contribution in [1.82, 2.24) is 10.3 Å². The largest absolute Gasteiger partial charge is 0.383 e. The zero-order valence-electron chi connectivity index (χ0n) is 11.0. The number of nitrogens with one attached hydrogen (secondary N) is 1. The van der Waals surface area contributed by atoms with Gasteiger partial charge in [-0.15, -0.1) is 36.2 Å². The molecule has 8 heteroatoms. The normalized spacial score (nSPS) is 11.1. The van der Waals surface area contributed by atoms with E-state index in [2.05, 4.69) is 17.2 Å². The number of hydrogen-bond acceptors (Lipinski definition) is 5. The van der Waals surface area contributed by atoms with Gasteiger partial charge < -0.3 is 15.8 Å². The number of nitrogens with zero attached hydrogens (tertiary/aromatic N) is 1. The van der Waals surface area contributed by atoms with Crippen molar-refractivity contribution in [3.8, 4) is 0 Å². The molecular weight excluding hydrogens is 309 g/mol. The smallest absolute Gasteiger partial charge is 0.239 e. The standard InChI is InChI=1S/C11H19N3O2S.2ClH/c1-3-8-6-14-10(17-8)4-5-13-11(15)9(12)7-16-2;;/h6,9H,3-5,7,12H2,1-2H3,(H,13,15);2*1H. The molecule has 0 saturated carbocycles. The van der Waals surface area contributed by atoms with Crippen LogP contribution in [0.15, 0.2) is 6.20 Å². The van der Waals surface area contributed by atoms with E-state index in [1.807, 2.05) is 6.20 Å². The Balaban J connectivity index is 0. The summed E-state index contributed by atoms with van der Waals surface area (Å²) in [6, 6.07) is -0.595. The number of aromatic nitrogens is 1. The van der Waals surface area contributed by atoms with Gasteiger partial charge in [0.15, 0.2) is 0 Å². The molecule has 1 unspecified atom stereocenters. The minimum absolute atomic E-state index is 0. The lowest BCUT2D eigenvalue weighted by Gasteiger charge is -2.10. The van der Waals surface area contributed by atoms with Crippen LogP contribution < -0.4 is 11.1 Å². The first-order valence-electron chi connectivity index (χ1n) is 5.63. The zero-order valence-corrected chi connectivity index (χ0v) is 13.5. The Bertz CT molecular complexity index is 363. The van der Waals surface area contributed by atoms with Gasteiger partial charge in [0.25, 0.3) is 0 Å². The van der Waals surface area contributed by atoms with Gasteiger partial charge in [-0.2, -0.15) is 0 Å². The van der Waals surface area contributed by atoms with Crippen LogP contribution in [0, 0.1) is 0 Å². The maximum absolute atomic E-state index is 11.5. The lowest BCUT2D eigenvalue weighted by Crippen LogP contribution is -2.44. The second-order valence-corrected chi connectivity index (χ2v) is 4.88. The molecule has 0 radical (unpaired) electrons. The number of amides is 1. The molecule has 0 aliphatic heterocycles. The van der Waals surface area contributed by atoms with Gasteiger partial charge in [-0.05, 0) is 6.42 Å². The molecule has 0 saturated heterocycles. The average Bonchev–Trinajstić information content (AvgIpc) is 2.77. The topological polar surface area (TPSA) is 77.2 Å². The third-order valence-corrected chi connectivity index (χ3v) is 3.47. The first-order chi connectivity index (χ1) is 8.17. The fourth-order valence-electron chi connectivity index (χ4n) is 1.31. The number of nitrogens with two attached hydrogens (primary N) is 1. The Kier molecular flexibility index (Phi) is 12.6. The molecule has 0 aliphatic rings. The molecule has 0 aliphatic carbocycles. The maximum Gasteiger partial charge on any atom is 0.239 e. The van der Waals surface area contributed by atoms with Crippen molar-refractivity contribution in [1.29, 1.82) is 0 Å². The number of thiazole rings is 1. The van der Waals surface area contributed by atoms with Crippen LogP contribution >= 0.6 is 36.2 Å². The Hall–Kier alpha value is -0.400. The highest BCUT2D eigenvalue weighted by Gasteiger charge is 2.12. The number of carbonyl (C=O) groups excluding carboxylic acids is 1. The molecule has 1 aromatic rings. The van der Waals surface area contributed by atoms with Crippen molar-refractivity contribution in [3.63, 3.8) is 0 Å². The molecule has 1 amide bonds. The van der Waals surface area contributed by atoms with E-state index in [-0.39, 0.29) is 37.3 Å². The second-order valence-electron chi connectivity index (χ2n) is 3.68. The minimum Gasteiger partial charge on any atom is -0.383 e. The summed E-state index contributed by atoms with van der Waals surface area (Å²) >= 11 is 1.68. The molecule has 1 rings (SSSR count). The van der Waals surface area contributed by atoms with Crippen LogP contribution in [0.4, 0.5) is 0 Å². The van der Waals surface area contributed by atoms with Crippen LogP contribution in [-0.2, 0) is 22.4 Å². The van der Waals surface area contributed by atoms with E-state index in [1.165, 1.54) is 12.0 Å². The fraction of sp³-hybridized carbons (Fsp3) is 0.636. The van der Waals surface area contributed by atoms with Crippen molar-refractivity contribution in [3.05, 3.63) is 16.1 Å². The van der Waals surface area contributed by atoms with Gasteiger partial charge in [-0.25, -0.2) is 4.98 Å². The minimum atomic E-state index is -0.595. The quantitative estimate of drug-likeness (QED) is 0.787. The molecule has 5 nitrogen and oxygen atoms in total. The average molecular weight is 330 g/mol. The van der Waals surface area contributed by atoms with Crippen LogP contribution in [0.1, 0.15) is 16.8 Å². The molecule has 0 spiro atoms. The third kappa shape index (κ3) is 7.69. The highest BCUT2D eigenvalue weighted by Crippen LogP contribution is 2.13. The Morgan fingerprint density at radius 3 is 2.79 bits per heavy atom.